The largest absolute Gasteiger partial charge is 0.465 e. The van der Waals surface area contributed by atoms with Gasteiger partial charge in [0.05, 0.1) is 18.2 Å². The van der Waals surface area contributed by atoms with Crippen LogP contribution in [-0.4, -0.2) is 18.9 Å². The highest BCUT2D eigenvalue weighted by molar-refractivity contribution is 6.01. The van der Waals surface area contributed by atoms with Gasteiger partial charge in [-0.2, -0.15) is 0 Å². The third-order valence-corrected chi connectivity index (χ3v) is 3.47. The summed E-state index contributed by atoms with van der Waals surface area (Å²) in [6.07, 6.45) is 0. The SMILES string of the molecule is COC(=O)c1ccc(C([N+]#N)=C2N=C(c3ccccc3)NN2)cc1. The van der Waals surface area contributed by atoms with Crippen LogP contribution in [0.1, 0.15) is 21.5 Å². The number of benzene rings is 2. The van der Waals surface area contributed by atoms with Crippen molar-refractivity contribution in [2.24, 2.45) is 4.99 Å². The van der Waals surface area contributed by atoms with E-state index in [0.29, 0.717) is 22.8 Å². The molecule has 0 aromatic heterocycles. The van der Waals surface area contributed by atoms with Crippen molar-refractivity contribution in [1.29, 1.82) is 5.39 Å². The van der Waals surface area contributed by atoms with Crippen LogP contribution < -0.4 is 10.9 Å². The van der Waals surface area contributed by atoms with Crippen LogP contribution in [0.2, 0.25) is 0 Å². The molecule has 0 bridgehead atoms. The van der Waals surface area contributed by atoms with E-state index >= 15 is 0 Å². The van der Waals surface area contributed by atoms with Crippen molar-refractivity contribution in [3.8, 4) is 0 Å². The number of nitrogens with one attached hydrogen (secondary N) is 2. The topological polar surface area (TPSA) is 90.9 Å². The number of ether oxygens (including phenoxy) is 1. The zero-order valence-corrected chi connectivity index (χ0v) is 12.9. The predicted octanol–water partition coefficient (Wildman–Crippen LogP) is 2.51. The molecule has 24 heavy (non-hydrogen) atoms. The molecule has 7 heteroatoms. The molecule has 7 nitrogen and oxygen atoms in total. The zero-order valence-electron chi connectivity index (χ0n) is 12.9. The molecule has 2 aromatic carbocycles. The highest BCUT2D eigenvalue weighted by Crippen LogP contribution is 2.22. The van der Waals surface area contributed by atoms with Crippen molar-refractivity contribution in [2.45, 2.75) is 0 Å². The lowest BCUT2D eigenvalue weighted by molar-refractivity contribution is 0.0600. The van der Waals surface area contributed by atoms with Crippen LogP contribution in [0.3, 0.4) is 0 Å². The summed E-state index contributed by atoms with van der Waals surface area (Å²) >= 11 is 0. The number of hydrogen-bond donors (Lipinski definition) is 2. The second-order valence-electron chi connectivity index (χ2n) is 4.94. The maximum absolute atomic E-state index is 11.5. The monoisotopic (exact) mass is 320 g/mol. The lowest BCUT2D eigenvalue weighted by atomic mass is 10.1. The van der Waals surface area contributed by atoms with E-state index in [9.17, 15) is 10.2 Å². The Labute approximate surface area is 138 Å². The number of diazo groups is 1. The predicted molar refractivity (Wildman–Crippen MR) is 89.0 cm³/mol. The summed E-state index contributed by atoms with van der Waals surface area (Å²) in [7, 11) is 1.32. The number of carbonyl (C=O) groups is 1. The van der Waals surface area contributed by atoms with Gasteiger partial charge in [-0.05, 0) is 24.3 Å². The van der Waals surface area contributed by atoms with E-state index in [0.717, 1.165) is 5.56 Å². The molecule has 0 atom stereocenters. The van der Waals surface area contributed by atoms with Gasteiger partial charge in [-0.3, -0.25) is 10.9 Å². The van der Waals surface area contributed by atoms with Gasteiger partial charge in [0.1, 0.15) is 0 Å². The normalized spacial score (nSPS) is 14.8. The molecule has 1 aliphatic rings. The summed E-state index contributed by atoms with van der Waals surface area (Å²) in [6, 6.07) is 16.1. The van der Waals surface area contributed by atoms with Crippen molar-refractivity contribution in [2.75, 3.05) is 7.11 Å². The first-order valence-electron chi connectivity index (χ1n) is 7.17. The molecular formula is C17H14N5O2+. The molecule has 0 saturated heterocycles. The van der Waals surface area contributed by atoms with Crippen molar-refractivity contribution in [3.63, 3.8) is 0 Å². The lowest BCUT2D eigenvalue weighted by Gasteiger charge is -2.00. The molecule has 3 rings (SSSR count). The second kappa shape index (κ2) is 6.62. The molecule has 0 radical (unpaired) electrons. The number of carbonyl (C=O) groups excluding carboxylic acids is 1. The number of hydrogen-bond acceptors (Lipinski definition) is 6. The summed E-state index contributed by atoms with van der Waals surface area (Å²) in [4.78, 5) is 19.2. The molecule has 0 amide bonds. The third kappa shape index (κ3) is 2.94. The van der Waals surface area contributed by atoms with Gasteiger partial charge in [-0.1, -0.05) is 30.3 Å². The summed E-state index contributed by atoms with van der Waals surface area (Å²) in [6.45, 7) is 0. The van der Waals surface area contributed by atoms with Crippen molar-refractivity contribution in [3.05, 3.63) is 82.1 Å². The van der Waals surface area contributed by atoms with Crippen LogP contribution in [0.25, 0.3) is 10.7 Å². The van der Waals surface area contributed by atoms with E-state index in [4.69, 9.17) is 0 Å². The molecule has 2 aromatic rings. The van der Waals surface area contributed by atoms with Gasteiger partial charge in [0.2, 0.25) is 11.2 Å². The second-order valence-corrected chi connectivity index (χ2v) is 4.94. The third-order valence-electron chi connectivity index (χ3n) is 3.47. The minimum absolute atomic E-state index is 0.254. The summed E-state index contributed by atoms with van der Waals surface area (Å²) in [5, 5.41) is 9.36. The fourth-order valence-corrected chi connectivity index (χ4v) is 2.25. The molecule has 0 unspecified atom stereocenters. The van der Waals surface area contributed by atoms with Gasteiger partial charge in [-0.25, -0.2) is 9.79 Å². The van der Waals surface area contributed by atoms with E-state index in [2.05, 4.69) is 25.6 Å². The number of rotatable bonds is 3. The maximum atomic E-state index is 11.5. The fourth-order valence-electron chi connectivity index (χ4n) is 2.25. The molecule has 0 fully saturated rings. The Morgan fingerprint density at radius 2 is 1.71 bits per heavy atom. The first kappa shape index (κ1) is 15.2. The number of methoxy groups -OCH3 is 1. The van der Waals surface area contributed by atoms with Crippen molar-refractivity contribution in [1.82, 2.24) is 10.9 Å². The highest BCUT2D eigenvalue weighted by atomic mass is 16.5. The van der Waals surface area contributed by atoms with E-state index in [1.807, 2.05) is 30.3 Å². The Balaban J connectivity index is 1.94. The van der Waals surface area contributed by atoms with Crippen LogP contribution in [0.15, 0.2) is 65.4 Å². The van der Waals surface area contributed by atoms with Crippen molar-refractivity contribution >= 4 is 17.5 Å². The number of aliphatic imine (C=N–C) groups is 1. The summed E-state index contributed by atoms with van der Waals surface area (Å²) in [5.74, 6) is 0.571. The molecule has 1 heterocycles. The van der Waals surface area contributed by atoms with Gasteiger partial charge in [0, 0.05) is 5.56 Å². The highest BCUT2D eigenvalue weighted by Gasteiger charge is 2.26. The molecule has 0 saturated carbocycles. The van der Waals surface area contributed by atoms with E-state index < -0.39 is 5.97 Å². The molecule has 2 N–H and O–H groups in total. The van der Waals surface area contributed by atoms with Crippen LogP contribution in [0.4, 0.5) is 0 Å². The first-order chi connectivity index (χ1) is 11.7. The average molecular weight is 320 g/mol. The number of amidine groups is 1. The van der Waals surface area contributed by atoms with E-state index in [1.54, 1.807) is 24.3 Å². The minimum Gasteiger partial charge on any atom is -0.465 e. The van der Waals surface area contributed by atoms with Gasteiger partial charge in [-0.15, -0.1) is 0 Å². The number of hydrazine groups is 1. The van der Waals surface area contributed by atoms with E-state index in [1.165, 1.54) is 7.11 Å². The van der Waals surface area contributed by atoms with Crippen LogP contribution in [0, 0.1) is 5.39 Å². The molecule has 1 aliphatic heterocycles. The molecular weight excluding hydrogens is 306 g/mol. The Kier molecular flexibility index (Phi) is 4.21. The summed E-state index contributed by atoms with van der Waals surface area (Å²) < 4.78 is 4.66. The lowest BCUT2D eigenvalue weighted by Crippen LogP contribution is -2.29. The van der Waals surface area contributed by atoms with Gasteiger partial charge in [0.25, 0.3) is 0 Å². The number of nitrogens with zero attached hydrogens (tertiary/aromatic N) is 3. The van der Waals surface area contributed by atoms with E-state index in [-0.39, 0.29) is 5.70 Å². The standard InChI is InChI=1S/C17H13N5O2/c1-24-17(23)13-9-7-11(8-10-13)14(20-18)16-19-15(21-22-16)12-5-3-2-4-6-12/h2-10,18H,1H3/p+1. The van der Waals surface area contributed by atoms with Crippen LogP contribution >= 0.6 is 0 Å². The zero-order chi connectivity index (χ0) is 16.9. The molecule has 0 spiro atoms. The Hall–Kier alpha value is -3.66. The Morgan fingerprint density at radius 3 is 2.33 bits per heavy atom. The fraction of sp³-hybridized carbons (Fsp3) is 0.0588. The summed E-state index contributed by atoms with van der Waals surface area (Å²) in [5.41, 5.74) is 8.00. The Morgan fingerprint density at radius 1 is 1.04 bits per heavy atom. The Bertz CT molecular complexity index is 864. The average Bonchev–Trinajstić information content (AvgIpc) is 3.13. The van der Waals surface area contributed by atoms with Gasteiger partial charge < -0.3 is 4.74 Å². The molecule has 0 aliphatic carbocycles. The van der Waals surface area contributed by atoms with Crippen molar-refractivity contribution < 1.29 is 9.53 Å². The number of esters is 1. The quantitative estimate of drug-likeness (QED) is 0.670. The first-order valence-corrected chi connectivity index (χ1v) is 7.17. The van der Waals surface area contributed by atoms with Gasteiger partial charge >= 0.3 is 11.7 Å². The van der Waals surface area contributed by atoms with Crippen LogP contribution in [-0.2, 0) is 4.74 Å². The smallest absolute Gasteiger partial charge is 0.435 e. The van der Waals surface area contributed by atoms with Gasteiger partial charge in [0.15, 0.2) is 10.8 Å². The maximum Gasteiger partial charge on any atom is 0.435 e. The van der Waals surface area contributed by atoms with Crippen LogP contribution in [0.5, 0.6) is 0 Å². The molecule has 118 valence electrons. The minimum atomic E-state index is -0.429.